The first-order valence-corrected chi connectivity index (χ1v) is 7.32. The molecule has 0 radical (unpaired) electrons. The zero-order valence-electron chi connectivity index (χ0n) is 12.4. The molecule has 0 aliphatic heterocycles. The second-order valence-corrected chi connectivity index (χ2v) is 5.71. The van der Waals surface area contributed by atoms with Crippen LogP contribution in [-0.4, -0.2) is 27.1 Å². The number of carbonyl (C=O) groups excluding carboxylic acids is 1. The number of hydrogen-bond acceptors (Lipinski definition) is 5. The van der Waals surface area contributed by atoms with Crippen LogP contribution in [0.2, 0.25) is 0 Å². The molecule has 0 unspecified atom stereocenters. The van der Waals surface area contributed by atoms with Crippen LogP contribution in [-0.2, 0) is 16.1 Å². The third kappa shape index (κ3) is 3.80. The van der Waals surface area contributed by atoms with E-state index in [-0.39, 0.29) is 30.9 Å². The Kier molecular flexibility index (Phi) is 4.93. The van der Waals surface area contributed by atoms with E-state index in [2.05, 4.69) is 11.9 Å². The van der Waals surface area contributed by atoms with Crippen molar-refractivity contribution in [1.29, 1.82) is 0 Å². The third-order valence-corrected chi connectivity index (χ3v) is 4.05. The highest BCUT2D eigenvalue weighted by atomic mass is 16.6. The van der Waals surface area contributed by atoms with Gasteiger partial charge in [-0.1, -0.05) is 19.8 Å². The Hall–Kier alpha value is -1.92. The maximum Gasteiger partial charge on any atom is 0.342 e. The van der Waals surface area contributed by atoms with Gasteiger partial charge >= 0.3 is 11.8 Å². The molecule has 2 rings (SSSR count). The van der Waals surface area contributed by atoms with E-state index in [4.69, 9.17) is 4.74 Å². The largest absolute Gasteiger partial charge is 0.461 e. The fraction of sp³-hybridized carbons (Fsp3) is 0.714. The number of aromatic nitrogens is 2. The summed E-state index contributed by atoms with van der Waals surface area (Å²) in [5.74, 6) is 0.835. The van der Waals surface area contributed by atoms with Crippen molar-refractivity contribution in [3.05, 3.63) is 22.1 Å². The van der Waals surface area contributed by atoms with Crippen LogP contribution in [0.1, 0.15) is 38.4 Å². The minimum absolute atomic E-state index is 0.0207. The molecule has 1 aliphatic carbocycles. The van der Waals surface area contributed by atoms with Gasteiger partial charge in [-0.05, 0) is 23.7 Å². The van der Waals surface area contributed by atoms with E-state index in [0.717, 1.165) is 19.3 Å². The standard InChI is InChI=1S/C14H21N3O4/c1-10-4-3-5-12(8-10)14(18)21-7-6-16-11(2)15-9-13(16)17(19)20/h9-10,12H,3-8H2,1-2H3/t10-,12-/m0/s1. The Labute approximate surface area is 123 Å². The second kappa shape index (κ2) is 6.69. The summed E-state index contributed by atoms with van der Waals surface area (Å²) in [4.78, 5) is 26.3. The molecule has 1 aromatic heterocycles. The normalized spacial score (nSPS) is 22.0. The quantitative estimate of drug-likeness (QED) is 0.473. The number of ether oxygens (including phenoxy) is 1. The average molecular weight is 295 g/mol. The summed E-state index contributed by atoms with van der Waals surface area (Å²) in [6.45, 7) is 4.24. The lowest BCUT2D eigenvalue weighted by atomic mass is 9.82. The van der Waals surface area contributed by atoms with Crippen molar-refractivity contribution in [3.63, 3.8) is 0 Å². The van der Waals surface area contributed by atoms with Crippen molar-refractivity contribution in [3.8, 4) is 0 Å². The molecular formula is C14H21N3O4. The fourth-order valence-corrected chi connectivity index (χ4v) is 2.88. The average Bonchev–Trinajstić information content (AvgIpc) is 2.80. The van der Waals surface area contributed by atoms with Crippen molar-refractivity contribution in [2.24, 2.45) is 11.8 Å². The molecule has 0 spiro atoms. The molecule has 1 aliphatic rings. The number of esters is 1. The van der Waals surface area contributed by atoms with E-state index in [9.17, 15) is 14.9 Å². The van der Waals surface area contributed by atoms with Gasteiger partial charge in [0.15, 0.2) is 5.82 Å². The molecule has 0 bridgehead atoms. The highest BCUT2D eigenvalue weighted by molar-refractivity contribution is 5.72. The third-order valence-electron chi connectivity index (χ3n) is 4.05. The molecule has 1 aromatic rings. The molecule has 7 heteroatoms. The SMILES string of the molecule is Cc1ncc([N+](=O)[O-])n1CCOC(=O)[C@H]1CCC[C@H](C)C1. The summed E-state index contributed by atoms with van der Waals surface area (Å²) in [5, 5.41) is 10.9. The number of nitrogens with zero attached hydrogens (tertiary/aromatic N) is 3. The van der Waals surface area contributed by atoms with E-state index in [1.165, 1.54) is 17.2 Å². The first-order chi connectivity index (χ1) is 9.99. The molecule has 1 saturated carbocycles. The molecule has 1 heterocycles. The number of hydrogen-bond donors (Lipinski definition) is 0. The lowest BCUT2D eigenvalue weighted by Crippen LogP contribution is -2.25. The highest BCUT2D eigenvalue weighted by Gasteiger charge is 2.26. The highest BCUT2D eigenvalue weighted by Crippen LogP contribution is 2.29. The van der Waals surface area contributed by atoms with Gasteiger partial charge in [-0.3, -0.25) is 4.79 Å². The summed E-state index contributed by atoms with van der Waals surface area (Å²) < 4.78 is 6.74. The molecule has 2 atom stereocenters. The van der Waals surface area contributed by atoms with Gasteiger partial charge in [0.05, 0.1) is 5.92 Å². The van der Waals surface area contributed by atoms with Crippen molar-refractivity contribution in [1.82, 2.24) is 9.55 Å². The van der Waals surface area contributed by atoms with Crippen LogP contribution < -0.4 is 0 Å². The van der Waals surface area contributed by atoms with E-state index < -0.39 is 4.92 Å². The molecule has 7 nitrogen and oxygen atoms in total. The predicted molar refractivity (Wildman–Crippen MR) is 75.7 cm³/mol. The minimum atomic E-state index is -0.482. The summed E-state index contributed by atoms with van der Waals surface area (Å²) in [7, 11) is 0. The number of imidazole rings is 1. The topological polar surface area (TPSA) is 87.3 Å². The molecule has 0 saturated heterocycles. The zero-order chi connectivity index (χ0) is 15.4. The zero-order valence-corrected chi connectivity index (χ0v) is 12.4. The van der Waals surface area contributed by atoms with Gasteiger partial charge in [0.1, 0.15) is 19.3 Å². The minimum Gasteiger partial charge on any atom is -0.461 e. The van der Waals surface area contributed by atoms with Gasteiger partial charge < -0.3 is 14.9 Å². The Morgan fingerprint density at radius 3 is 3.00 bits per heavy atom. The fourth-order valence-electron chi connectivity index (χ4n) is 2.88. The molecule has 116 valence electrons. The van der Waals surface area contributed by atoms with Gasteiger partial charge in [-0.15, -0.1) is 0 Å². The first-order valence-electron chi connectivity index (χ1n) is 7.32. The molecule has 21 heavy (non-hydrogen) atoms. The summed E-state index contributed by atoms with van der Waals surface area (Å²) in [5.41, 5.74) is 0. The summed E-state index contributed by atoms with van der Waals surface area (Å²) in [6.07, 6.45) is 5.22. The van der Waals surface area contributed by atoms with Crippen LogP contribution >= 0.6 is 0 Å². The van der Waals surface area contributed by atoms with Crippen LogP contribution in [0.4, 0.5) is 5.82 Å². The lowest BCUT2D eigenvalue weighted by Gasteiger charge is -2.24. The van der Waals surface area contributed by atoms with E-state index in [1.54, 1.807) is 6.92 Å². The summed E-state index contributed by atoms with van der Waals surface area (Å²) >= 11 is 0. The van der Waals surface area contributed by atoms with Gasteiger partial charge in [-0.2, -0.15) is 0 Å². The van der Waals surface area contributed by atoms with Gasteiger partial charge in [-0.25, -0.2) is 9.55 Å². The molecule has 0 amide bonds. The first kappa shape index (κ1) is 15.5. The van der Waals surface area contributed by atoms with E-state index in [1.807, 2.05) is 0 Å². The predicted octanol–water partition coefficient (Wildman–Crippen LogP) is 2.47. The van der Waals surface area contributed by atoms with Crippen molar-refractivity contribution in [2.75, 3.05) is 6.61 Å². The van der Waals surface area contributed by atoms with E-state index >= 15 is 0 Å². The van der Waals surface area contributed by atoms with Gasteiger partial charge in [0, 0.05) is 6.92 Å². The number of nitro groups is 1. The molecular weight excluding hydrogens is 274 g/mol. The number of rotatable bonds is 5. The Bertz CT molecular complexity index is 526. The van der Waals surface area contributed by atoms with Crippen molar-refractivity contribution in [2.45, 2.75) is 46.1 Å². The molecule has 0 N–H and O–H groups in total. The maximum atomic E-state index is 12.0. The monoisotopic (exact) mass is 295 g/mol. The number of aryl methyl sites for hydroxylation is 1. The Morgan fingerprint density at radius 2 is 2.33 bits per heavy atom. The van der Waals surface area contributed by atoms with Crippen LogP contribution in [0.15, 0.2) is 6.20 Å². The molecule has 0 aromatic carbocycles. The maximum absolute atomic E-state index is 12.0. The van der Waals surface area contributed by atoms with E-state index in [0.29, 0.717) is 11.7 Å². The smallest absolute Gasteiger partial charge is 0.342 e. The summed E-state index contributed by atoms with van der Waals surface area (Å²) in [6, 6.07) is 0. The van der Waals surface area contributed by atoms with Crippen LogP contribution in [0.5, 0.6) is 0 Å². The number of carbonyl (C=O) groups is 1. The van der Waals surface area contributed by atoms with Gasteiger partial charge in [0.2, 0.25) is 0 Å². The van der Waals surface area contributed by atoms with Crippen LogP contribution in [0.25, 0.3) is 0 Å². The second-order valence-electron chi connectivity index (χ2n) is 5.71. The molecule has 1 fully saturated rings. The van der Waals surface area contributed by atoms with Gasteiger partial charge in [0.25, 0.3) is 0 Å². The van der Waals surface area contributed by atoms with Crippen molar-refractivity contribution < 1.29 is 14.5 Å². The van der Waals surface area contributed by atoms with Crippen LogP contribution in [0.3, 0.4) is 0 Å². The van der Waals surface area contributed by atoms with Crippen molar-refractivity contribution >= 4 is 11.8 Å². The van der Waals surface area contributed by atoms with Crippen LogP contribution in [0, 0.1) is 28.9 Å². The Balaban J connectivity index is 1.85. The Morgan fingerprint density at radius 1 is 1.57 bits per heavy atom. The lowest BCUT2D eigenvalue weighted by molar-refractivity contribution is -0.392.